The van der Waals surface area contributed by atoms with Crippen LogP contribution >= 0.6 is 0 Å². The SMILES string of the molecule is CC[C@H]1C[C@@H](O)CC2(CCN(C(=O)c3ccccc3N3CCOCC3)CC2)O1. The van der Waals surface area contributed by atoms with Crippen molar-refractivity contribution < 1.29 is 19.4 Å². The third kappa shape index (κ3) is 4.04. The van der Waals surface area contributed by atoms with Crippen molar-refractivity contribution in [1.82, 2.24) is 4.90 Å². The van der Waals surface area contributed by atoms with E-state index in [1.54, 1.807) is 0 Å². The lowest BCUT2D eigenvalue weighted by atomic mass is 9.81. The predicted molar refractivity (Wildman–Crippen MR) is 108 cm³/mol. The summed E-state index contributed by atoms with van der Waals surface area (Å²) in [4.78, 5) is 17.5. The number of nitrogens with zero attached hydrogens (tertiary/aromatic N) is 2. The number of piperidine rings is 1. The first-order valence-electron chi connectivity index (χ1n) is 10.7. The van der Waals surface area contributed by atoms with Gasteiger partial charge in [0.05, 0.1) is 36.6 Å². The Morgan fingerprint density at radius 1 is 1.18 bits per heavy atom. The number of benzene rings is 1. The molecule has 28 heavy (non-hydrogen) atoms. The summed E-state index contributed by atoms with van der Waals surface area (Å²) in [5.41, 5.74) is 1.52. The standard InChI is InChI=1S/C22H32N2O4/c1-2-18-15-17(25)16-22(28-18)7-9-24(10-8-22)21(26)19-5-3-4-6-20(19)23-11-13-27-14-12-23/h3-6,17-18,25H,2,7-16H2,1H3/t17-,18+/m1/s1. The minimum absolute atomic E-state index is 0.0975. The van der Waals surface area contributed by atoms with E-state index in [4.69, 9.17) is 9.47 Å². The summed E-state index contributed by atoms with van der Waals surface area (Å²) >= 11 is 0. The Hall–Kier alpha value is -1.63. The molecule has 3 heterocycles. The van der Waals surface area contributed by atoms with E-state index in [-0.39, 0.29) is 23.7 Å². The van der Waals surface area contributed by atoms with Crippen LogP contribution < -0.4 is 4.90 Å². The van der Waals surface area contributed by atoms with Gasteiger partial charge >= 0.3 is 0 Å². The van der Waals surface area contributed by atoms with Gasteiger partial charge in [-0.3, -0.25) is 4.79 Å². The summed E-state index contributed by atoms with van der Waals surface area (Å²) in [5.74, 6) is 0.0975. The van der Waals surface area contributed by atoms with Crippen molar-refractivity contribution in [3.05, 3.63) is 29.8 Å². The normalized spacial score (nSPS) is 27.8. The van der Waals surface area contributed by atoms with Crippen LogP contribution in [0.5, 0.6) is 0 Å². The lowest BCUT2D eigenvalue weighted by Gasteiger charge is -2.48. The van der Waals surface area contributed by atoms with Crippen LogP contribution in [0.2, 0.25) is 0 Å². The molecule has 3 fully saturated rings. The van der Waals surface area contributed by atoms with Crippen LogP contribution in [-0.2, 0) is 9.47 Å². The first-order valence-corrected chi connectivity index (χ1v) is 10.7. The van der Waals surface area contributed by atoms with Crippen molar-refractivity contribution in [3.8, 4) is 0 Å². The second-order valence-corrected chi connectivity index (χ2v) is 8.33. The number of morpholine rings is 1. The van der Waals surface area contributed by atoms with Gasteiger partial charge < -0.3 is 24.4 Å². The highest BCUT2D eigenvalue weighted by atomic mass is 16.5. The number of para-hydroxylation sites is 1. The summed E-state index contributed by atoms with van der Waals surface area (Å²) in [5, 5.41) is 10.3. The predicted octanol–water partition coefficient (Wildman–Crippen LogP) is 2.45. The van der Waals surface area contributed by atoms with Crippen molar-refractivity contribution in [2.45, 2.75) is 56.8 Å². The Bertz CT molecular complexity index is 681. The van der Waals surface area contributed by atoms with Gasteiger partial charge in [0.15, 0.2) is 0 Å². The number of aliphatic hydroxyl groups is 1. The molecule has 0 aromatic heterocycles. The van der Waals surface area contributed by atoms with Crippen LogP contribution in [0.1, 0.15) is 49.4 Å². The van der Waals surface area contributed by atoms with E-state index in [1.165, 1.54) is 0 Å². The van der Waals surface area contributed by atoms with Gasteiger partial charge in [0, 0.05) is 38.3 Å². The van der Waals surface area contributed by atoms with Crippen molar-refractivity contribution in [2.75, 3.05) is 44.3 Å². The van der Waals surface area contributed by atoms with Gasteiger partial charge in [-0.15, -0.1) is 0 Å². The maximum absolute atomic E-state index is 13.3. The molecule has 0 aliphatic carbocycles. The molecule has 1 aromatic carbocycles. The summed E-state index contributed by atoms with van der Waals surface area (Å²) in [6.07, 6.45) is 3.78. The van der Waals surface area contributed by atoms with Gasteiger partial charge in [-0.2, -0.15) is 0 Å². The number of anilines is 1. The van der Waals surface area contributed by atoms with Crippen LogP contribution in [0.25, 0.3) is 0 Å². The molecule has 4 rings (SSSR count). The first-order chi connectivity index (χ1) is 13.6. The molecule has 0 saturated carbocycles. The highest BCUT2D eigenvalue weighted by Gasteiger charge is 2.43. The zero-order chi connectivity index (χ0) is 19.6. The Morgan fingerprint density at radius 3 is 2.61 bits per heavy atom. The van der Waals surface area contributed by atoms with Gasteiger partial charge in [0.1, 0.15) is 0 Å². The summed E-state index contributed by atoms with van der Waals surface area (Å²) in [6.45, 7) is 6.51. The van der Waals surface area contributed by atoms with Crippen molar-refractivity contribution >= 4 is 11.6 Å². The zero-order valence-electron chi connectivity index (χ0n) is 16.8. The molecule has 0 bridgehead atoms. The van der Waals surface area contributed by atoms with Gasteiger partial charge in [0.2, 0.25) is 0 Å². The topological polar surface area (TPSA) is 62.2 Å². The van der Waals surface area contributed by atoms with Crippen molar-refractivity contribution in [2.24, 2.45) is 0 Å². The Labute approximate surface area is 167 Å². The maximum atomic E-state index is 13.3. The molecule has 2 atom stereocenters. The van der Waals surface area contributed by atoms with E-state index < -0.39 is 0 Å². The van der Waals surface area contributed by atoms with Gasteiger partial charge in [-0.25, -0.2) is 0 Å². The molecule has 1 aromatic rings. The molecule has 0 radical (unpaired) electrons. The fraction of sp³-hybridized carbons (Fsp3) is 0.682. The Morgan fingerprint density at radius 2 is 1.89 bits per heavy atom. The van der Waals surface area contributed by atoms with E-state index in [0.29, 0.717) is 32.7 Å². The molecule has 1 amide bonds. The van der Waals surface area contributed by atoms with Crippen LogP contribution in [0, 0.1) is 0 Å². The molecule has 3 aliphatic rings. The van der Waals surface area contributed by atoms with Gasteiger partial charge in [-0.05, 0) is 37.8 Å². The number of hydrogen-bond donors (Lipinski definition) is 1. The number of likely N-dealkylation sites (tertiary alicyclic amines) is 1. The number of amides is 1. The van der Waals surface area contributed by atoms with E-state index in [1.807, 2.05) is 29.2 Å². The number of ether oxygens (including phenoxy) is 2. The molecule has 1 spiro atoms. The number of hydrogen-bond acceptors (Lipinski definition) is 5. The molecule has 0 unspecified atom stereocenters. The first kappa shape index (κ1) is 19.7. The quantitative estimate of drug-likeness (QED) is 0.862. The molecule has 154 valence electrons. The molecule has 3 aliphatic heterocycles. The van der Waals surface area contributed by atoms with Gasteiger partial charge in [0.25, 0.3) is 5.91 Å². The largest absolute Gasteiger partial charge is 0.393 e. The lowest BCUT2D eigenvalue weighted by molar-refractivity contribution is -0.179. The Kier molecular flexibility index (Phi) is 5.90. The van der Waals surface area contributed by atoms with E-state index in [0.717, 1.165) is 50.0 Å². The van der Waals surface area contributed by atoms with Gasteiger partial charge in [-0.1, -0.05) is 19.1 Å². The molecule has 3 saturated heterocycles. The lowest BCUT2D eigenvalue weighted by Crippen LogP contribution is -2.53. The molecule has 1 N–H and O–H groups in total. The number of rotatable bonds is 3. The van der Waals surface area contributed by atoms with E-state index >= 15 is 0 Å². The molecule has 6 heteroatoms. The third-order valence-corrected chi connectivity index (χ3v) is 6.46. The summed E-state index contributed by atoms with van der Waals surface area (Å²) < 4.78 is 11.8. The zero-order valence-corrected chi connectivity index (χ0v) is 16.8. The van der Waals surface area contributed by atoms with E-state index in [2.05, 4.69) is 11.8 Å². The fourth-order valence-corrected chi connectivity index (χ4v) is 4.86. The van der Waals surface area contributed by atoms with Crippen LogP contribution in [0.4, 0.5) is 5.69 Å². The number of aliphatic hydroxyl groups excluding tert-OH is 1. The van der Waals surface area contributed by atoms with Crippen LogP contribution in [-0.4, -0.2) is 73.1 Å². The minimum atomic E-state index is -0.289. The monoisotopic (exact) mass is 388 g/mol. The van der Waals surface area contributed by atoms with Crippen molar-refractivity contribution in [1.29, 1.82) is 0 Å². The molecule has 6 nitrogen and oxygen atoms in total. The number of carbonyl (C=O) groups is 1. The minimum Gasteiger partial charge on any atom is -0.393 e. The molecular formula is C22H32N2O4. The summed E-state index contributed by atoms with van der Waals surface area (Å²) in [7, 11) is 0. The fourth-order valence-electron chi connectivity index (χ4n) is 4.86. The van der Waals surface area contributed by atoms with Crippen molar-refractivity contribution in [3.63, 3.8) is 0 Å². The average Bonchev–Trinajstić information content (AvgIpc) is 2.74. The van der Waals surface area contributed by atoms with E-state index in [9.17, 15) is 9.90 Å². The summed E-state index contributed by atoms with van der Waals surface area (Å²) in [6, 6.07) is 7.91. The number of carbonyl (C=O) groups excluding carboxylic acids is 1. The average molecular weight is 389 g/mol. The highest BCUT2D eigenvalue weighted by molar-refractivity contribution is 6.00. The van der Waals surface area contributed by atoms with Crippen LogP contribution in [0.3, 0.4) is 0 Å². The van der Waals surface area contributed by atoms with Crippen LogP contribution in [0.15, 0.2) is 24.3 Å². The second-order valence-electron chi connectivity index (χ2n) is 8.33. The maximum Gasteiger partial charge on any atom is 0.255 e. The third-order valence-electron chi connectivity index (χ3n) is 6.46. The molecular weight excluding hydrogens is 356 g/mol. The highest BCUT2D eigenvalue weighted by Crippen LogP contribution is 2.39. The second kappa shape index (κ2) is 8.39. The Balaban J connectivity index is 1.45. The smallest absolute Gasteiger partial charge is 0.255 e.